The predicted molar refractivity (Wildman–Crippen MR) is 71.7 cm³/mol. The number of nitrogens with zero attached hydrogens (tertiary/aromatic N) is 2. The van der Waals surface area contributed by atoms with Crippen molar-refractivity contribution in [1.82, 2.24) is 4.90 Å². The van der Waals surface area contributed by atoms with Gasteiger partial charge in [-0.3, -0.25) is 14.9 Å². The summed E-state index contributed by atoms with van der Waals surface area (Å²) in [6.45, 7) is 4.97. The first-order valence-corrected chi connectivity index (χ1v) is 6.82. The molecule has 104 valence electrons. The number of carbonyl (C=O) groups excluding carboxylic acids is 1. The van der Waals surface area contributed by atoms with Gasteiger partial charge in [0.1, 0.15) is 5.82 Å². The summed E-state index contributed by atoms with van der Waals surface area (Å²) in [6, 6.07) is 3.31. The molecule has 0 unspecified atom stereocenters. The van der Waals surface area contributed by atoms with E-state index in [1.165, 1.54) is 12.1 Å². The van der Waals surface area contributed by atoms with E-state index in [1.807, 2.05) is 13.8 Å². The van der Waals surface area contributed by atoms with Crippen molar-refractivity contribution in [3.63, 3.8) is 0 Å². The Morgan fingerprint density at radius 3 is 2.53 bits per heavy atom. The quantitative estimate of drug-likeness (QED) is 0.458. The molecule has 0 aliphatic carbocycles. The van der Waals surface area contributed by atoms with E-state index in [2.05, 4.69) is 0 Å². The van der Waals surface area contributed by atoms with Crippen molar-refractivity contribution in [2.75, 3.05) is 18.8 Å². The Kier molecular flexibility index (Phi) is 5.75. The average molecular weight is 286 g/mol. The number of hydrogen-bond acceptors (Lipinski definition) is 4. The number of thioether (sulfide) groups is 1. The van der Waals surface area contributed by atoms with Gasteiger partial charge in [0.15, 0.2) is 0 Å². The average Bonchev–Trinajstić information content (AvgIpc) is 2.37. The first kappa shape index (κ1) is 15.4. The van der Waals surface area contributed by atoms with Gasteiger partial charge in [-0.1, -0.05) is 0 Å². The van der Waals surface area contributed by atoms with E-state index in [0.29, 0.717) is 18.0 Å². The monoisotopic (exact) mass is 286 g/mol. The van der Waals surface area contributed by atoms with Crippen molar-refractivity contribution in [2.24, 2.45) is 0 Å². The smallest absolute Gasteiger partial charge is 0.273 e. The van der Waals surface area contributed by atoms with Crippen LogP contribution in [0.4, 0.5) is 10.1 Å². The third kappa shape index (κ3) is 4.51. The van der Waals surface area contributed by atoms with Gasteiger partial charge in [0.2, 0.25) is 5.91 Å². The zero-order valence-electron chi connectivity index (χ0n) is 10.8. The lowest BCUT2D eigenvalue weighted by Crippen LogP contribution is -2.31. The van der Waals surface area contributed by atoms with Crippen molar-refractivity contribution in [3.8, 4) is 0 Å². The van der Waals surface area contributed by atoms with Gasteiger partial charge in [-0.15, -0.1) is 11.8 Å². The molecule has 0 fully saturated rings. The van der Waals surface area contributed by atoms with Crippen molar-refractivity contribution in [3.05, 3.63) is 34.1 Å². The van der Waals surface area contributed by atoms with Gasteiger partial charge in [0, 0.05) is 24.1 Å². The van der Waals surface area contributed by atoms with E-state index >= 15 is 0 Å². The van der Waals surface area contributed by atoms with E-state index in [9.17, 15) is 19.3 Å². The van der Waals surface area contributed by atoms with Crippen molar-refractivity contribution < 1.29 is 14.1 Å². The van der Waals surface area contributed by atoms with Gasteiger partial charge in [0.25, 0.3) is 5.69 Å². The minimum absolute atomic E-state index is 0.0677. The molecule has 1 amide bonds. The third-order valence-corrected chi connectivity index (χ3v) is 3.51. The van der Waals surface area contributed by atoms with Gasteiger partial charge in [-0.25, -0.2) is 4.39 Å². The van der Waals surface area contributed by atoms with Crippen molar-refractivity contribution in [2.45, 2.75) is 18.7 Å². The zero-order chi connectivity index (χ0) is 14.4. The van der Waals surface area contributed by atoms with Crippen LogP contribution in [0.3, 0.4) is 0 Å². The lowest BCUT2D eigenvalue weighted by molar-refractivity contribution is -0.385. The summed E-state index contributed by atoms with van der Waals surface area (Å²) in [7, 11) is 0. The van der Waals surface area contributed by atoms with Crippen LogP contribution in [-0.4, -0.2) is 34.6 Å². The third-order valence-electron chi connectivity index (χ3n) is 2.55. The van der Waals surface area contributed by atoms with Gasteiger partial charge in [-0.05, 0) is 19.9 Å². The lowest BCUT2D eigenvalue weighted by atomic mass is 10.3. The fourth-order valence-electron chi connectivity index (χ4n) is 1.55. The molecular weight excluding hydrogens is 271 g/mol. The van der Waals surface area contributed by atoms with Gasteiger partial charge in [0.05, 0.1) is 16.7 Å². The SMILES string of the molecule is CCN(CC)C(=O)CSc1cc(F)cc([N+](=O)[O-])c1. The molecule has 0 radical (unpaired) electrons. The van der Waals surface area contributed by atoms with Crippen LogP contribution in [-0.2, 0) is 4.79 Å². The highest BCUT2D eigenvalue weighted by atomic mass is 32.2. The van der Waals surface area contributed by atoms with Crippen LogP contribution in [0.1, 0.15) is 13.8 Å². The van der Waals surface area contributed by atoms with E-state index < -0.39 is 10.7 Å². The molecule has 19 heavy (non-hydrogen) atoms. The van der Waals surface area contributed by atoms with Crippen molar-refractivity contribution in [1.29, 1.82) is 0 Å². The summed E-state index contributed by atoms with van der Waals surface area (Å²) in [5, 5.41) is 10.6. The number of non-ortho nitro benzene ring substituents is 1. The summed E-state index contributed by atoms with van der Waals surface area (Å²) in [4.78, 5) is 23.7. The number of amides is 1. The summed E-state index contributed by atoms with van der Waals surface area (Å²) >= 11 is 1.10. The molecule has 0 spiro atoms. The summed E-state index contributed by atoms with van der Waals surface area (Å²) < 4.78 is 13.2. The van der Waals surface area contributed by atoms with E-state index in [-0.39, 0.29) is 17.3 Å². The Hall–Kier alpha value is -1.63. The molecule has 0 saturated heterocycles. The number of nitro groups is 1. The normalized spacial score (nSPS) is 10.3. The molecule has 0 aliphatic rings. The molecular formula is C12H15FN2O3S. The number of carbonyl (C=O) groups is 1. The predicted octanol–water partition coefficient (Wildman–Crippen LogP) is 2.69. The Morgan fingerprint density at radius 2 is 2.00 bits per heavy atom. The molecule has 0 N–H and O–H groups in total. The Bertz CT molecular complexity index is 478. The summed E-state index contributed by atoms with van der Waals surface area (Å²) in [5.74, 6) is -0.601. The Balaban J connectivity index is 2.72. The summed E-state index contributed by atoms with van der Waals surface area (Å²) in [6.07, 6.45) is 0. The molecule has 0 bridgehead atoms. The largest absolute Gasteiger partial charge is 0.343 e. The van der Waals surface area contributed by atoms with Crippen molar-refractivity contribution >= 4 is 23.4 Å². The number of nitro benzene ring substituents is 1. The highest BCUT2D eigenvalue weighted by molar-refractivity contribution is 8.00. The van der Waals surface area contributed by atoms with E-state index in [4.69, 9.17) is 0 Å². The standard InChI is InChI=1S/C12H15FN2O3S/c1-3-14(4-2)12(16)8-19-11-6-9(13)5-10(7-11)15(17)18/h5-7H,3-4,8H2,1-2H3. The fraction of sp³-hybridized carbons (Fsp3) is 0.417. The van der Waals surface area contributed by atoms with Crippen LogP contribution in [0.2, 0.25) is 0 Å². The van der Waals surface area contributed by atoms with Gasteiger partial charge < -0.3 is 4.90 Å². The highest BCUT2D eigenvalue weighted by Crippen LogP contribution is 2.25. The molecule has 0 aromatic heterocycles. The Labute approximate surface area is 114 Å². The second-order valence-corrected chi connectivity index (χ2v) is 4.81. The minimum atomic E-state index is -0.674. The zero-order valence-corrected chi connectivity index (χ0v) is 11.6. The molecule has 1 rings (SSSR count). The number of halogens is 1. The second kappa shape index (κ2) is 7.08. The first-order chi connectivity index (χ1) is 8.97. The maximum Gasteiger partial charge on any atom is 0.273 e. The molecule has 1 aromatic rings. The number of rotatable bonds is 6. The molecule has 7 heteroatoms. The van der Waals surface area contributed by atoms with Gasteiger partial charge in [-0.2, -0.15) is 0 Å². The molecule has 0 atom stereocenters. The molecule has 1 aromatic carbocycles. The second-order valence-electron chi connectivity index (χ2n) is 3.76. The minimum Gasteiger partial charge on any atom is -0.343 e. The molecule has 0 heterocycles. The maximum atomic E-state index is 13.2. The van der Waals surface area contributed by atoms with Crippen LogP contribution < -0.4 is 0 Å². The van der Waals surface area contributed by atoms with Crippen LogP contribution in [0.25, 0.3) is 0 Å². The van der Waals surface area contributed by atoms with Crippen LogP contribution >= 0.6 is 11.8 Å². The fourth-order valence-corrected chi connectivity index (χ4v) is 2.42. The summed E-state index contributed by atoms with van der Waals surface area (Å²) in [5.41, 5.74) is -0.308. The molecule has 0 saturated carbocycles. The van der Waals surface area contributed by atoms with Crippen LogP contribution in [0, 0.1) is 15.9 Å². The Morgan fingerprint density at radius 1 is 1.37 bits per heavy atom. The lowest BCUT2D eigenvalue weighted by Gasteiger charge is -2.18. The molecule has 5 nitrogen and oxygen atoms in total. The maximum absolute atomic E-state index is 13.2. The van der Waals surface area contributed by atoms with E-state index in [1.54, 1.807) is 4.90 Å². The van der Waals surface area contributed by atoms with Gasteiger partial charge >= 0.3 is 0 Å². The number of hydrogen-bond donors (Lipinski definition) is 0. The van der Waals surface area contributed by atoms with Crippen LogP contribution in [0.5, 0.6) is 0 Å². The molecule has 0 aliphatic heterocycles. The highest BCUT2D eigenvalue weighted by Gasteiger charge is 2.13. The topological polar surface area (TPSA) is 63.5 Å². The number of benzene rings is 1. The van der Waals surface area contributed by atoms with E-state index in [0.717, 1.165) is 17.8 Å². The van der Waals surface area contributed by atoms with Crippen LogP contribution in [0.15, 0.2) is 23.1 Å². The first-order valence-electron chi connectivity index (χ1n) is 5.83.